The first-order valence-electron chi connectivity index (χ1n) is 8.56. The molecule has 3 heteroatoms. The topological polar surface area (TPSA) is 29.1 Å². The van der Waals surface area contributed by atoms with Crippen LogP contribution in [0.2, 0.25) is 5.02 Å². The zero-order valence-electron chi connectivity index (χ0n) is 13.7. The summed E-state index contributed by atoms with van der Waals surface area (Å²) in [5, 5.41) is 3.86. The molecule has 3 rings (SSSR count). The fourth-order valence-corrected chi connectivity index (χ4v) is 3.35. The van der Waals surface area contributed by atoms with Crippen molar-refractivity contribution in [3.05, 3.63) is 70.7 Å². The summed E-state index contributed by atoms with van der Waals surface area (Å²) in [4.78, 5) is 12.9. The Kier molecular flexibility index (Phi) is 5.71. The number of hydrogen-bond acceptors (Lipinski definition) is 1. The zero-order valence-corrected chi connectivity index (χ0v) is 14.4. The van der Waals surface area contributed by atoms with E-state index in [1.165, 1.54) is 19.3 Å². The lowest BCUT2D eigenvalue weighted by molar-refractivity contribution is -0.116. The Balaban J connectivity index is 1.90. The minimum atomic E-state index is -0.0204. The van der Waals surface area contributed by atoms with Crippen molar-refractivity contribution >= 4 is 29.2 Å². The predicted octanol–water partition coefficient (Wildman–Crippen LogP) is 5.33. The van der Waals surface area contributed by atoms with Crippen LogP contribution in [0.4, 0.5) is 0 Å². The van der Waals surface area contributed by atoms with Crippen molar-refractivity contribution in [3.63, 3.8) is 0 Å². The van der Waals surface area contributed by atoms with Gasteiger partial charge in [-0.3, -0.25) is 4.79 Å². The van der Waals surface area contributed by atoms with Crippen molar-refractivity contribution in [2.24, 2.45) is 0 Å². The number of carbonyl (C=O) groups is 1. The number of carbonyl (C=O) groups excluding carboxylic acids is 1. The van der Waals surface area contributed by atoms with Crippen LogP contribution in [0.3, 0.4) is 0 Å². The highest BCUT2D eigenvalue weighted by atomic mass is 35.5. The van der Waals surface area contributed by atoms with E-state index in [1.54, 1.807) is 0 Å². The molecule has 0 bridgehead atoms. The fraction of sp³-hybridized carbons (Fsp3) is 0.286. The van der Waals surface area contributed by atoms with Gasteiger partial charge in [-0.1, -0.05) is 79.4 Å². The molecule has 1 aliphatic carbocycles. The number of rotatable bonds is 4. The van der Waals surface area contributed by atoms with Gasteiger partial charge in [0.05, 0.1) is 0 Å². The number of amides is 1. The van der Waals surface area contributed by atoms with Crippen LogP contribution in [-0.4, -0.2) is 11.9 Å². The molecule has 0 saturated heterocycles. The van der Waals surface area contributed by atoms with E-state index in [2.05, 4.69) is 5.32 Å². The summed E-state index contributed by atoms with van der Waals surface area (Å²) in [5.41, 5.74) is 2.43. The second-order valence-corrected chi connectivity index (χ2v) is 6.66. The maximum atomic E-state index is 12.9. The monoisotopic (exact) mass is 339 g/mol. The highest BCUT2D eigenvalue weighted by Crippen LogP contribution is 2.24. The van der Waals surface area contributed by atoms with Crippen LogP contribution in [0.25, 0.3) is 11.6 Å². The van der Waals surface area contributed by atoms with Crippen molar-refractivity contribution in [1.29, 1.82) is 0 Å². The van der Waals surface area contributed by atoms with Crippen LogP contribution in [0.1, 0.15) is 43.2 Å². The van der Waals surface area contributed by atoms with Gasteiger partial charge in [-0.25, -0.2) is 0 Å². The number of nitrogens with one attached hydrogen (secondary N) is 1. The molecule has 0 aromatic heterocycles. The van der Waals surface area contributed by atoms with Gasteiger partial charge in [0.15, 0.2) is 0 Å². The van der Waals surface area contributed by atoms with Crippen LogP contribution in [-0.2, 0) is 4.79 Å². The molecule has 0 radical (unpaired) electrons. The molecule has 124 valence electrons. The standard InChI is InChI=1S/C21H22ClNO/c22-20-14-8-7-11-17(20)15-19(16-9-3-1-4-10-16)21(24)23-18-12-5-2-6-13-18/h1,3-4,7-11,14-15,18H,2,5-6,12-13H2,(H,23,24)/b19-15-. The third-order valence-electron chi connectivity index (χ3n) is 4.47. The second-order valence-electron chi connectivity index (χ2n) is 6.25. The third kappa shape index (κ3) is 4.27. The third-order valence-corrected chi connectivity index (χ3v) is 4.82. The molecule has 24 heavy (non-hydrogen) atoms. The molecule has 0 aliphatic heterocycles. The molecule has 1 N–H and O–H groups in total. The van der Waals surface area contributed by atoms with Crippen LogP contribution < -0.4 is 5.32 Å². The Bertz CT molecular complexity index is 718. The molecule has 2 nitrogen and oxygen atoms in total. The van der Waals surface area contributed by atoms with E-state index in [-0.39, 0.29) is 11.9 Å². The summed E-state index contributed by atoms with van der Waals surface area (Å²) < 4.78 is 0. The fourth-order valence-electron chi connectivity index (χ4n) is 3.16. The summed E-state index contributed by atoms with van der Waals surface area (Å²) in [7, 11) is 0. The molecule has 0 unspecified atom stereocenters. The van der Waals surface area contributed by atoms with Crippen LogP contribution >= 0.6 is 11.6 Å². The maximum Gasteiger partial charge on any atom is 0.252 e. The summed E-state index contributed by atoms with van der Waals surface area (Å²) in [6, 6.07) is 17.6. The van der Waals surface area contributed by atoms with Gasteiger partial charge < -0.3 is 5.32 Å². The van der Waals surface area contributed by atoms with Gasteiger partial charge in [-0.15, -0.1) is 0 Å². The van der Waals surface area contributed by atoms with E-state index < -0.39 is 0 Å². The largest absolute Gasteiger partial charge is 0.349 e. The van der Waals surface area contributed by atoms with Crippen LogP contribution in [0, 0.1) is 0 Å². The maximum absolute atomic E-state index is 12.9. The quantitative estimate of drug-likeness (QED) is 0.592. The van der Waals surface area contributed by atoms with E-state index in [9.17, 15) is 4.79 Å². The summed E-state index contributed by atoms with van der Waals surface area (Å²) in [6.45, 7) is 0. The molecule has 0 atom stereocenters. The van der Waals surface area contributed by atoms with E-state index in [4.69, 9.17) is 11.6 Å². The van der Waals surface area contributed by atoms with E-state index >= 15 is 0 Å². The molecular weight excluding hydrogens is 318 g/mol. The lowest BCUT2D eigenvalue weighted by Crippen LogP contribution is -2.36. The molecule has 2 aromatic carbocycles. The smallest absolute Gasteiger partial charge is 0.252 e. The highest BCUT2D eigenvalue weighted by Gasteiger charge is 2.19. The van der Waals surface area contributed by atoms with E-state index in [0.29, 0.717) is 10.6 Å². The first-order chi connectivity index (χ1) is 11.7. The van der Waals surface area contributed by atoms with Crippen molar-refractivity contribution in [2.75, 3.05) is 0 Å². The Labute approximate surface area is 148 Å². The van der Waals surface area contributed by atoms with Gasteiger partial charge in [0, 0.05) is 16.6 Å². The zero-order chi connectivity index (χ0) is 16.8. The molecule has 1 amide bonds. The number of benzene rings is 2. The number of halogens is 1. The van der Waals surface area contributed by atoms with E-state index in [1.807, 2.05) is 60.7 Å². The molecule has 1 aliphatic rings. The van der Waals surface area contributed by atoms with Crippen molar-refractivity contribution < 1.29 is 4.79 Å². The minimum Gasteiger partial charge on any atom is -0.349 e. The molecule has 1 fully saturated rings. The van der Waals surface area contributed by atoms with Crippen molar-refractivity contribution in [1.82, 2.24) is 5.32 Å². The van der Waals surface area contributed by atoms with Crippen LogP contribution in [0.5, 0.6) is 0 Å². The summed E-state index contributed by atoms with van der Waals surface area (Å²) in [5.74, 6) is -0.0204. The lowest BCUT2D eigenvalue weighted by atomic mass is 9.94. The van der Waals surface area contributed by atoms with Crippen molar-refractivity contribution in [2.45, 2.75) is 38.1 Å². The SMILES string of the molecule is O=C(NC1CCCCC1)/C(=C\c1ccccc1Cl)c1ccccc1. The van der Waals surface area contributed by atoms with Gasteiger partial charge in [0.2, 0.25) is 0 Å². The van der Waals surface area contributed by atoms with Crippen LogP contribution in [0.15, 0.2) is 54.6 Å². The van der Waals surface area contributed by atoms with Gasteiger partial charge in [-0.2, -0.15) is 0 Å². The average Bonchev–Trinajstić information content (AvgIpc) is 2.62. The van der Waals surface area contributed by atoms with Crippen molar-refractivity contribution in [3.8, 4) is 0 Å². The summed E-state index contributed by atoms with van der Waals surface area (Å²) >= 11 is 6.28. The minimum absolute atomic E-state index is 0.0204. The van der Waals surface area contributed by atoms with E-state index in [0.717, 1.165) is 24.0 Å². The molecular formula is C21H22ClNO. The Hall–Kier alpha value is -2.06. The first-order valence-corrected chi connectivity index (χ1v) is 8.94. The van der Waals surface area contributed by atoms with Gasteiger partial charge >= 0.3 is 0 Å². The Morgan fingerprint density at radius 3 is 2.33 bits per heavy atom. The molecule has 0 spiro atoms. The van der Waals surface area contributed by atoms with Gasteiger partial charge in [-0.05, 0) is 36.1 Å². The predicted molar refractivity (Wildman–Crippen MR) is 101 cm³/mol. The Morgan fingerprint density at radius 1 is 0.958 bits per heavy atom. The highest BCUT2D eigenvalue weighted by molar-refractivity contribution is 6.33. The first kappa shape index (κ1) is 16.8. The van der Waals surface area contributed by atoms with Gasteiger partial charge in [0.25, 0.3) is 5.91 Å². The normalized spacial score (nSPS) is 16.0. The second kappa shape index (κ2) is 8.16. The molecule has 1 saturated carbocycles. The average molecular weight is 340 g/mol. The molecule has 0 heterocycles. The lowest BCUT2D eigenvalue weighted by Gasteiger charge is -2.23. The Morgan fingerprint density at radius 2 is 1.62 bits per heavy atom. The van der Waals surface area contributed by atoms with Gasteiger partial charge in [0.1, 0.15) is 0 Å². The molecule has 2 aromatic rings. The number of hydrogen-bond donors (Lipinski definition) is 1. The summed E-state index contributed by atoms with van der Waals surface area (Å²) in [6.07, 6.45) is 7.68.